The van der Waals surface area contributed by atoms with Crippen LogP contribution < -0.4 is 5.32 Å². The van der Waals surface area contributed by atoms with Gasteiger partial charge in [-0.3, -0.25) is 4.79 Å². The Bertz CT molecular complexity index is 401. The van der Waals surface area contributed by atoms with E-state index < -0.39 is 0 Å². The normalized spacial score (nSPS) is 12.2. The van der Waals surface area contributed by atoms with E-state index in [0.717, 1.165) is 11.4 Å². The van der Waals surface area contributed by atoms with Crippen LogP contribution in [-0.2, 0) is 16.0 Å². The second-order valence-electron chi connectivity index (χ2n) is 4.01. The van der Waals surface area contributed by atoms with Crippen LogP contribution in [0.15, 0.2) is 6.20 Å². The monoisotopic (exact) mass is 254 g/mol. The maximum Gasteiger partial charge on any atom is 0.220 e. The molecule has 4 nitrogen and oxygen atoms in total. The average molecular weight is 254 g/mol. The number of aromatic nitrogens is 1. The largest absolute Gasteiger partial charge is 0.347 e. The lowest BCUT2D eigenvalue weighted by molar-refractivity contribution is -0.125. The fraction of sp³-hybridized carbons (Fsp3) is 0.583. The molecule has 0 aliphatic carbocycles. The van der Waals surface area contributed by atoms with E-state index in [1.807, 2.05) is 13.1 Å². The summed E-state index contributed by atoms with van der Waals surface area (Å²) < 4.78 is 0. The molecule has 0 saturated heterocycles. The van der Waals surface area contributed by atoms with E-state index in [0.29, 0.717) is 6.42 Å². The van der Waals surface area contributed by atoms with Crippen molar-refractivity contribution < 1.29 is 9.59 Å². The summed E-state index contributed by atoms with van der Waals surface area (Å²) >= 11 is 1.61. The number of carbonyl (C=O) groups is 2. The number of nitrogens with zero attached hydrogens (tertiary/aromatic N) is 1. The number of thiazole rings is 1. The molecule has 0 aromatic carbocycles. The number of carbonyl (C=O) groups excluding carboxylic acids is 2. The first-order chi connectivity index (χ1) is 8.02. The van der Waals surface area contributed by atoms with Gasteiger partial charge in [0.15, 0.2) is 0 Å². The molecule has 1 unspecified atom stereocenters. The molecule has 0 fully saturated rings. The first kappa shape index (κ1) is 13.8. The number of nitrogens with one attached hydrogen (secondary N) is 1. The van der Waals surface area contributed by atoms with E-state index in [1.54, 1.807) is 11.3 Å². The molecule has 5 heteroatoms. The van der Waals surface area contributed by atoms with Crippen molar-refractivity contribution in [1.82, 2.24) is 10.3 Å². The lowest BCUT2D eigenvalue weighted by Crippen LogP contribution is -2.26. The fourth-order valence-electron chi connectivity index (χ4n) is 1.35. The maximum atomic E-state index is 11.5. The SMILES string of the molecule is CCc1cnc(C(C)NC(=O)CCC(C)=O)s1. The van der Waals surface area contributed by atoms with Crippen molar-refractivity contribution in [3.63, 3.8) is 0 Å². The topological polar surface area (TPSA) is 59.1 Å². The molecule has 1 amide bonds. The maximum absolute atomic E-state index is 11.5. The molecule has 94 valence electrons. The Morgan fingerprint density at radius 2 is 2.18 bits per heavy atom. The summed E-state index contributed by atoms with van der Waals surface area (Å²) in [5, 5.41) is 3.76. The molecule has 0 spiro atoms. The molecule has 0 saturated carbocycles. The smallest absolute Gasteiger partial charge is 0.220 e. The zero-order valence-corrected chi connectivity index (χ0v) is 11.3. The molecule has 17 heavy (non-hydrogen) atoms. The van der Waals surface area contributed by atoms with Gasteiger partial charge < -0.3 is 10.1 Å². The summed E-state index contributed by atoms with van der Waals surface area (Å²) in [4.78, 5) is 27.8. The summed E-state index contributed by atoms with van der Waals surface area (Å²) in [7, 11) is 0. The van der Waals surface area contributed by atoms with Gasteiger partial charge in [0.1, 0.15) is 10.8 Å². The number of amides is 1. The predicted molar refractivity (Wildman–Crippen MR) is 68.0 cm³/mol. The Morgan fingerprint density at radius 1 is 1.47 bits per heavy atom. The van der Waals surface area contributed by atoms with Gasteiger partial charge >= 0.3 is 0 Å². The summed E-state index contributed by atoms with van der Waals surface area (Å²) in [6.45, 7) is 5.47. The van der Waals surface area contributed by atoms with Gasteiger partial charge in [-0.25, -0.2) is 4.98 Å². The van der Waals surface area contributed by atoms with Crippen molar-refractivity contribution in [2.75, 3.05) is 0 Å². The zero-order chi connectivity index (χ0) is 12.8. The summed E-state index contributed by atoms with van der Waals surface area (Å²) in [6, 6.07) is -0.0836. The van der Waals surface area contributed by atoms with Crippen molar-refractivity contribution in [2.24, 2.45) is 0 Å². The molecule has 0 radical (unpaired) electrons. The van der Waals surface area contributed by atoms with Crippen LogP contribution in [-0.4, -0.2) is 16.7 Å². The molecule has 1 atom stereocenters. The van der Waals surface area contributed by atoms with E-state index in [2.05, 4.69) is 17.2 Å². The molecule has 0 aliphatic heterocycles. The van der Waals surface area contributed by atoms with Gasteiger partial charge in [-0.15, -0.1) is 11.3 Å². The first-order valence-electron chi connectivity index (χ1n) is 5.76. The van der Waals surface area contributed by atoms with Gasteiger partial charge in [0.05, 0.1) is 6.04 Å². The first-order valence-corrected chi connectivity index (χ1v) is 6.58. The molecule has 0 aliphatic rings. The average Bonchev–Trinajstić information content (AvgIpc) is 2.74. The van der Waals surface area contributed by atoms with Crippen LogP contribution in [0.3, 0.4) is 0 Å². The number of Topliss-reactive ketones (excluding diaryl/α,β-unsaturated/α-hetero) is 1. The molecule has 1 heterocycles. The summed E-state index contributed by atoms with van der Waals surface area (Å²) in [5.74, 6) is -0.0590. The standard InChI is InChI=1S/C12H18N2O2S/c1-4-10-7-13-12(17-10)9(3)14-11(16)6-5-8(2)15/h7,9H,4-6H2,1-3H3,(H,14,16). The molecule has 1 aromatic rings. The number of aryl methyl sites for hydroxylation is 1. The van der Waals surface area contributed by atoms with Crippen LogP contribution >= 0.6 is 11.3 Å². The highest BCUT2D eigenvalue weighted by molar-refractivity contribution is 7.11. The number of hydrogen-bond acceptors (Lipinski definition) is 4. The third-order valence-electron chi connectivity index (χ3n) is 2.37. The lowest BCUT2D eigenvalue weighted by atomic mass is 10.2. The third-order valence-corrected chi connectivity index (χ3v) is 3.70. The Kier molecular flexibility index (Phi) is 5.28. The van der Waals surface area contributed by atoms with E-state index >= 15 is 0 Å². The van der Waals surface area contributed by atoms with Crippen molar-refractivity contribution in [1.29, 1.82) is 0 Å². The zero-order valence-electron chi connectivity index (χ0n) is 10.4. The molecular weight excluding hydrogens is 236 g/mol. The van der Waals surface area contributed by atoms with E-state index in [-0.39, 0.29) is 24.2 Å². The quantitative estimate of drug-likeness (QED) is 0.847. The Hall–Kier alpha value is -1.23. The number of hydrogen-bond donors (Lipinski definition) is 1. The lowest BCUT2D eigenvalue weighted by Gasteiger charge is -2.10. The van der Waals surface area contributed by atoms with Gasteiger partial charge in [0.2, 0.25) is 5.91 Å². The van der Waals surface area contributed by atoms with Crippen LogP contribution in [0.2, 0.25) is 0 Å². The van der Waals surface area contributed by atoms with E-state index in [4.69, 9.17) is 0 Å². The fourth-order valence-corrected chi connectivity index (χ4v) is 2.21. The Morgan fingerprint density at radius 3 is 2.71 bits per heavy atom. The Labute approximate surface area is 105 Å². The van der Waals surface area contributed by atoms with Gasteiger partial charge in [0, 0.05) is 23.9 Å². The van der Waals surface area contributed by atoms with Crippen molar-refractivity contribution >= 4 is 23.0 Å². The van der Waals surface area contributed by atoms with Crippen molar-refractivity contribution in [3.05, 3.63) is 16.1 Å². The van der Waals surface area contributed by atoms with E-state index in [9.17, 15) is 9.59 Å². The highest BCUT2D eigenvalue weighted by Crippen LogP contribution is 2.20. The number of ketones is 1. The van der Waals surface area contributed by atoms with Crippen molar-refractivity contribution in [3.8, 4) is 0 Å². The molecule has 0 bridgehead atoms. The predicted octanol–water partition coefficient (Wildman–Crippen LogP) is 2.25. The van der Waals surface area contributed by atoms with Gasteiger partial charge in [0.25, 0.3) is 0 Å². The second kappa shape index (κ2) is 6.49. The van der Waals surface area contributed by atoms with Crippen LogP contribution in [0.1, 0.15) is 49.5 Å². The minimum Gasteiger partial charge on any atom is -0.347 e. The minimum absolute atomic E-state index is 0.0373. The van der Waals surface area contributed by atoms with Gasteiger partial charge in [-0.05, 0) is 20.3 Å². The summed E-state index contributed by atoms with van der Waals surface area (Å²) in [6.07, 6.45) is 3.36. The van der Waals surface area contributed by atoms with Crippen LogP contribution in [0, 0.1) is 0 Å². The third kappa shape index (κ3) is 4.65. The van der Waals surface area contributed by atoms with Crippen LogP contribution in [0.4, 0.5) is 0 Å². The molecule has 1 aromatic heterocycles. The molecular formula is C12H18N2O2S. The molecule has 1 rings (SSSR count). The van der Waals surface area contributed by atoms with E-state index in [1.165, 1.54) is 11.8 Å². The van der Waals surface area contributed by atoms with Crippen LogP contribution in [0.5, 0.6) is 0 Å². The highest BCUT2D eigenvalue weighted by Gasteiger charge is 2.13. The van der Waals surface area contributed by atoms with Crippen molar-refractivity contribution in [2.45, 2.75) is 46.1 Å². The highest BCUT2D eigenvalue weighted by atomic mass is 32.1. The van der Waals surface area contributed by atoms with Gasteiger partial charge in [-0.1, -0.05) is 6.92 Å². The minimum atomic E-state index is -0.0963. The Balaban J connectivity index is 2.45. The van der Waals surface area contributed by atoms with Gasteiger partial charge in [-0.2, -0.15) is 0 Å². The second-order valence-corrected chi connectivity index (χ2v) is 5.16. The van der Waals surface area contributed by atoms with Crippen LogP contribution in [0.25, 0.3) is 0 Å². The number of rotatable bonds is 6. The molecule has 1 N–H and O–H groups in total. The summed E-state index contributed by atoms with van der Waals surface area (Å²) in [5.41, 5.74) is 0.